The van der Waals surface area contributed by atoms with Gasteiger partial charge in [0.25, 0.3) is 0 Å². The molecule has 0 fully saturated rings. The van der Waals surface area contributed by atoms with Gasteiger partial charge < -0.3 is 9.64 Å². The van der Waals surface area contributed by atoms with Crippen molar-refractivity contribution in [3.05, 3.63) is 30.1 Å². The molecule has 98 valence electrons. The maximum atomic E-state index is 11.8. The van der Waals surface area contributed by atoms with Crippen molar-refractivity contribution in [1.82, 2.24) is 9.88 Å². The van der Waals surface area contributed by atoms with E-state index in [0.29, 0.717) is 5.56 Å². The maximum Gasteiger partial charge on any atom is 0.410 e. The summed E-state index contributed by atoms with van der Waals surface area (Å²) >= 11 is 0. The molecule has 0 unspecified atom stereocenters. The third-order valence-electron chi connectivity index (χ3n) is 2.07. The Kier molecular flexibility index (Phi) is 4.42. The topological polar surface area (TPSA) is 59.5 Å². The molecule has 1 amide bonds. The summed E-state index contributed by atoms with van der Waals surface area (Å²) in [7, 11) is 1.53. The Hall–Kier alpha value is -1.91. The van der Waals surface area contributed by atoms with Crippen LogP contribution in [0.15, 0.2) is 24.5 Å². The van der Waals surface area contributed by atoms with E-state index in [4.69, 9.17) is 4.74 Å². The van der Waals surface area contributed by atoms with Crippen LogP contribution in [0.5, 0.6) is 0 Å². The Balaban J connectivity index is 2.58. The largest absolute Gasteiger partial charge is 0.444 e. The Labute approximate surface area is 107 Å². The first-order valence-corrected chi connectivity index (χ1v) is 5.67. The number of amides is 1. The number of rotatable bonds is 3. The Morgan fingerprint density at radius 3 is 2.56 bits per heavy atom. The van der Waals surface area contributed by atoms with Crippen LogP contribution >= 0.6 is 0 Å². The molecule has 0 radical (unpaired) electrons. The van der Waals surface area contributed by atoms with E-state index in [-0.39, 0.29) is 12.3 Å². The minimum Gasteiger partial charge on any atom is -0.444 e. The number of ether oxygens (including phenoxy) is 1. The fraction of sp³-hybridized carbons (Fsp3) is 0.462. The lowest BCUT2D eigenvalue weighted by Gasteiger charge is -2.24. The number of carbonyl (C=O) groups is 2. The molecule has 0 spiro atoms. The van der Waals surface area contributed by atoms with Crippen LogP contribution in [-0.4, -0.2) is 41.0 Å². The molecule has 0 aromatic carbocycles. The van der Waals surface area contributed by atoms with E-state index in [1.807, 2.05) is 0 Å². The van der Waals surface area contributed by atoms with E-state index in [1.54, 1.807) is 39.1 Å². The molecule has 1 aromatic rings. The van der Waals surface area contributed by atoms with Gasteiger partial charge in [-0.2, -0.15) is 0 Å². The molecule has 18 heavy (non-hydrogen) atoms. The molecule has 1 rings (SSSR count). The molecule has 0 aliphatic rings. The minimum atomic E-state index is -0.567. The zero-order chi connectivity index (χ0) is 13.8. The number of likely N-dealkylation sites (N-methyl/N-ethyl adjacent to an activating group) is 1. The standard InChI is InChI=1S/C13H18N2O3/c1-13(2,3)18-12(17)15(4)9-11(16)10-6-5-7-14-8-10/h5-8H,9H2,1-4H3. The first kappa shape index (κ1) is 14.2. The number of aromatic nitrogens is 1. The van der Waals surface area contributed by atoms with Crippen LogP contribution in [0.4, 0.5) is 4.79 Å². The van der Waals surface area contributed by atoms with Gasteiger partial charge in [-0.25, -0.2) is 4.79 Å². The second kappa shape index (κ2) is 5.62. The van der Waals surface area contributed by atoms with Crippen LogP contribution in [0.3, 0.4) is 0 Å². The van der Waals surface area contributed by atoms with E-state index in [9.17, 15) is 9.59 Å². The van der Waals surface area contributed by atoms with Gasteiger partial charge in [0.2, 0.25) is 0 Å². The third-order valence-corrected chi connectivity index (χ3v) is 2.07. The smallest absolute Gasteiger partial charge is 0.410 e. The highest BCUT2D eigenvalue weighted by Gasteiger charge is 2.21. The lowest BCUT2D eigenvalue weighted by atomic mass is 10.2. The molecular formula is C13H18N2O3. The number of nitrogens with zero attached hydrogens (tertiary/aromatic N) is 2. The molecule has 0 bridgehead atoms. The SMILES string of the molecule is CN(CC(=O)c1cccnc1)C(=O)OC(C)(C)C. The van der Waals surface area contributed by atoms with Gasteiger partial charge in [0.1, 0.15) is 5.60 Å². The van der Waals surface area contributed by atoms with Gasteiger partial charge in [0.05, 0.1) is 6.54 Å². The van der Waals surface area contributed by atoms with E-state index < -0.39 is 11.7 Å². The van der Waals surface area contributed by atoms with Crippen molar-refractivity contribution < 1.29 is 14.3 Å². The molecule has 0 saturated carbocycles. The van der Waals surface area contributed by atoms with Gasteiger partial charge in [-0.1, -0.05) is 0 Å². The average molecular weight is 250 g/mol. The molecule has 0 atom stereocenters. The zero-order valence-electron chi connectivity index (χ0n) is 11.1. The van der Waals surface area contributed by atoms with Crippen molar-refractivity contribution in [2.45, 2.75) is 26.4 Å². The van der Waals surface area contributed by atoms with Crippen molar-refractivity contribution >= 4 is 11.9 Å². The summed E-state index contributed by atoms with van der Waals surface area (Å²) in [5, 5.41) is 0. The molecule has 5 nitrogen and oxygen atoms in total. The lowest BCUT2D eigenvalue weighted by Crippen LogP contribution is -2.37. The van der Waals surface area contributed by atoms with Crippen molar-refractivity contribution in [3.63, 3.8) is 0 Å². The maximum absolute atomic E-state index is 11.8. The van der Waals surface area contributed by atoms with Gasteiger partial charge in [0.15, 0.2) is 5.78 Å². The molecule has 1 heterocycles. The number of pyridine rings is 1. The average Bonchev–Trinajstić information content (AvgIpc) is 2.27. The molecular weight excluding hydrogens is 232 g/mol. The van der Waals surface area contributed by atoms with Crippen molar-refractivity contribution in [2.75, 3.05) is 13.6 Å². The van der Waals surface area contributed by atoms with Gasteiger partial charge in [-0.3, -0.25) is 9.78 Å². The molecule has 0 aliphatic heterocycles. The first-order chi connectivity index (χ1) is 8.29. The number of Topliss-reactive ketones (excluding diaryl/α,β-unsaturated/α-hetero) is 1. The summed E-state index contributed by atoms with van der Waals surface area (Å²) in [6.07, 6.45) is 2.55. The van der Waals surface area contributed by atoms with Crippen molar-refractivity contribution in [1.29, 1.82) is 0 Å². The van der Waals surface area contributed by atoms with E-state index in [1.165, 1.54) is 18.1 Å². The van der Waals surface area contributed by atoms with E-state index in [0.717, 1.165) is 0 Å². The minimum absolute atomic E-state index is 0.0272. The lowest BCUT2D eigenvalue weighted by molar-refractivity contribution is 0.0294. The van der Waals surface area contributed by atoms with Crippen LogP contribution in [0.25, 0.3) is 0 Å². The van der Waals surface area contributed by atoms with Gasteiger partial charge in [-0.05, 0) is 32.9 Å². The van der Waals surface area contributed by atoms with Crippen molar-refractivity contribution in [2.24, 2.45) is 0 Å². The summed E-state index contributed by atoms with van der Waals surface area (Å²) in [4.78, 5) is 28.6. The normalized spacial score (nSPS) is 10.9. The summed E-state index contributed by atoms with van der Waals surface area (Å²) in [5.41, 5.74) is -0.0872. The predicted molar refractivity (Wildman–Crippen MR) is 67.4 cm³/mol. The van der Waals surface area contributed by atoms with Crippen LogP contribution in [0.2, 0.25) is 0 Å². The summed E-state index contributed by atoms with van der Waals surface area (Å²) < 4.78 is 5.16. The highest BCUT2D eigenvalue weighted by Crippen LogP contribution is 2.09. The molecule has 5 heteroatoms. The monoisotopic (exact) mass is 250 g/mol. The number of ketones is 1. The zero-order valence-corrected chi connectivity index (χ0v) is 11.1. The third kappa shape index (κ3) is 4.53. The first-order valence-electron chi connectivity index (χ1n) is 5.67. The number of hydrogen-bond donors (Lipinski definition) is 0. The molecule has 0 saturated heterocycles. The number of carbonyl (C=O) groups excluding carboxylic acids is 2. The quantitative estimate of drug-likeness (QED) is 0.771. The second-order valence-corrected chi connectivity index (χ2v) is 5.00. The van der Waals surface area contributed by atoms with Crippen LogP contribution in [0.1, 0.15) is 31.1 Å². The van der Waals surface area contributed by atoms with Crippen LogP contribution in [-0.2, 0) is 4.74 Å². The van der Waals surface area contributed by atoms with Gasteiger partial charge in [0, 0.05) is 25.0 Å². The second-order valence-electron chi connectivity index (χ2n) is 5.00. The van der Waals surface area contributed by atoms with Gasteiger partial charge >= 0.3 is 6.09 Å². The van der Waals surface area contributed by atoms with E-state index in [2.05, 4.69) is 4.98 Å². The Morgan fingerprint density at radius 2 is 2.06 bits per heavy atom. The fourth-order valence-corrected chi connectivity index (χ4v) is 1.24. The Morgan fingerprint density at radius 1 is 1.39 bits per heavy atom. The van der Waals surface area contributed by atoms with E-state index >= 15 is 0 Å². The molecule has 1 aromatic heterocycles. The summed E-state index contributed by atoms with van der Waals surface area (Å²) in [6.45, 7) is 5.31. The highest BCUT2D eigenvalue weighted by molar-refractivity contribution is 5.98. The summed E-state index contributed by atoms with van der Waals surface area (Å²) in [6, 6.07) is 3.35. The fourth-order valence-electron chi connectivity index (χ4n) is 1.24. The Bertz CT molecular complexity index is 424. The van der Waals surface area contributed by atoms with Crippen LogP contribution < -0.4 is 0 Å². The van der Waals surface area contributed by atoms with Gasteiger partial charge in [-0.15, -0.1) is 0 Å². The highest BCUT2D eigenvalue weighted by atomic mass is 16.6. The summed E-state index contributed by atoms with van der Waals surface area (Å²) in [5.74, 6) is -0.170. The van der Waals surface area contributed by atoms with Crippen molar-refractivity contribution in [3.8, 4) is 0 Å². The van der Waals surface area contributed by atoms with Crippen LogP contribution in [0, 0.1) is 0 Å². The molecule has 0 N–H and O–H groups in total. The predicted octanol–water partition coefficient (Wildman–Crippen LogP) is 2.13. The number of hydrogen-bond acceptors (Lipinski definition) is 4. The molecule has 0 aliphatic carbocycles.